The van der Waals surface area contributed by atoms with Crippen molar-refractivity contribution in [3.63, 3.8) is 0 Å². The van der Waals surface area contributed by atoms with Crippen molar-refractivity contribution in [2.24, 2.45) is 0 Å². The van der Waals surface area contributed by atoms with Crippen LogP contribution in [-0.4, -0.2) is 14.7 Å². The monoisotopic (exact) mass is 238 g/mol. The van der Waals surface area contributed by atoms with Gasteiger partial charge in [0.15, 0.2) is 0 Å². The minimum absolute atomic E-state index is 0.00750. The van der Waals surface area contributed by atoms with Gasteiger partial charge in [-0.05, 0) is 12.8 Å². The van der Waals surface area contributed by atoms with E-state index in [4.69, 9.17) is 5.73 Å². The fourth-order valence-corrected chi connectivity index (χ4v) is 2.46. The van der Waals surface area contributed by atoms with Gasteiger partial charge >= 0.3 is 5.69 Å². The van der Waals surface area contributed by atoms with Crippen LogP contribution >= 0.6 is 0 Å². The number of anilines is 1. The van der Waals surface area contributed by atoms with Crippen LogP contribution in [0.3, 0.4) is 0 Å². The van der Waals surface area contributed by atoms with Gasteiger partial charge in [-0.2, -0.15) is 5.10 Å². The average molecular weight is 238 g/mol. The van der Waals surface area contributed by atoms with Gasteiger partial charge < -0.3 is 5.73 Å². The molecular formula is C11H18N4O2. The smallest absolute Gasteiger partial charge is 0.334 e. The van der Waals surface area contributed by atoms with Crippen molar-refractivity contribution < 1.29 is 4.92 Å². The molecule has 0 atom stereocenters. The molecule has 0 spiro atoms. The van der Waals surface area contributed by atoms with Crippen molar-refractivity contribution in [3.8, 4) is 0 Å². The zero-order chi connectivity index (χ0) is 12.6. The molecule has 0 aliphatic heterocycles. The number of aromatic nitrogens is 2. The van der Waals surface area contributed by atoms with Crippen molar-refractivity contribution >= 4 is 11.5 Å². The van der Waals surface area contributed by atoms with E-state index in [9.17, 15) is 10.1 Å². The summed E-state index contributed by atoms with van der Waals surface area (Å²) in [5.74, 6) is 0.228. The predicted molar refractivity (Wildman–Crippen MR) is 64.9 cm³/mol. The Morgan fingerprint density at radius 1 is 1.47 bits per heavy atom. The average Bonchev–Trinajstić information content (AvgIpc) is 2.83. The number of rotatable bonds is 3. The van der Waals surface area contributed by atoms with Crippen LogP contribution in [0, 0.1) is 10.1 Å². The molecular weight excluding hydrogens is 220 g/mol. The van der Waals surface area contributed by atoms with Gasteiger partial charge in [0.05, 0.1) is 11.0 Å². The lowest BCUT2D eigenvalue weighted by molar-refractivity contribution is -0.384. The zero-order valence-corrected chi connectivity index (χ0v) is 10.2. The van der Waals surface area contributed by atoms with Crippen molar-refractivity contribution in [2.45, 2.75) is 51.5 Å². The molecule has 6 nitrogen and oxygen atoms in total. The lowest BCUT2D eigenvalue weighted by atomic mass is 10.1. The first-order chi connectivity index (χ1) is 8.02. The molecule has 0 radical (unpaired) electrons. The minimum Gasteiger partial charge on any atom is -0.378 e. The van der Waals surface area contributed by atoms with Crippen molar-refractivity contribution in [1.29, 1.82) is 0 Å². The third-order valence-corrected chi connectivity index (χ3v) is 3.35. The molecule has 0 unspecified atom stereocenters. The molecule has 1 heterocycles. The lowest BCUT2D eigenvalue weighted by Crippen LogP contribution is -2.10. The number of nitrogens with two attached hydrogens (primary N) is 1. The maximum Gasteiger partial charge on any atom is 0.334 e. The van der Waals surface area contributed by atoms with Crippen LogP contribution in [0.2, 0.25) is 0 Å². The van der Waals surface area contributed by atoms with E-state index in [2.05, 4.69) is 5.10 Å². The Morgan fingerprint density at radius 2 is 2.06 bits per heavy atom. The maximum absolute atomic E-state index is 11.0. The first-order valence-corrected chi connectivity index (χ1v) is 6.04. The van der Waals surface area contributed by atoms with Crippen LogP contribution in [0.1, 0.15) is 57.2 Å². The Morgan fingerprint density at radius 3 is 2.47 bits per heavy atom. The Hall–Kier alpha value is -1.59. The molecule has 1 aliphatic rings. The van der Waals surface area contributed by atoms with E-state index in [1.165, 1.54) is 0 Å². The Kier molecular flexibility index (Phi) is 3.04. The summed E-state index contributed by atoms with van der Waals surface area (Å²) in [5.41, 5.74) is 6.37. The van der Waals surface area contributed by atoms with Crippen LogP contribution in [0.5, 0.6) is 0 Å². The van der Waals surface area contributed by atoms with Gasteiger partial charge in [-0.25, -0.2) is 4.68 Å². The van der Waals surface area contributed by atoms with Crippen molar-refractivity contribution in [1.82, 2.24) is 9.78 Å². The number of hydrogen-bond donors (Lipinski definition) is 1. The van der Waals surface area contributed by atoms with Crippen LogP contribution < -0.4 is 5.73 Å². The highest BCUT2D eigenvalue weighted by Crippen LogP contribution is 2.37. The first kappa shape index (κ1) is 11.9. The molecule has 1 saturated carbocycles. The summed E-state index contributed by atoms with van der Waals surface area (Å²) in [5, 5.41) is 15.4. The molecule has 0 saturated heterocycles. The molecule has 1 fully saturated rings. The Labute approximate surface area is 99.9 Å². The van der Waals surface area contributed by atoms with Gasteiger partial charge in [0, 0.05) is 5.92 Å². The molecule has 94 valence electrons. The second-order valence-electron chi connectivity index (χ2n) is 4.91. The standard InChI is InChI=1S/C11H18N4O2/c1-7(2)9-10(15(16)17)11(12)14(13-9)8-5-3-4-6-8/h7-8H,3-6,12H2,1-2H3. The highest BCUT2D eigenvalue weighted by molar-refractivity contribution is 5.57. The molecule has 0 amide bonds. The molecule has 0 aromatic carbocycles. The molecule has 2 N–H and O–H groups in total. The highest BCUT2D eigenvalue weighted by atomic mass is 16.6. The Balaban J connectivity index is 2.47. The molecule has 1 aliphatic carbocycles. The van der Waals surface area contributed by atoms with Crippen LogP contribution in [-0.2, 0) is 0 Å². The third-order valence-electron chi connectivity index (χ3n) is 3.35. The summed E-state index contributed by atoms with van der Waals surface area (Å²) >= 11 is 0. The summed E-state index contributed by atoms with van der Waals surface area (Å²) in [7, 11) is 0. The molecule has 2 rings (SSSR count). The summed E-state index contributed by atoms with van der Waals surface area (Å²) in [4.78, 5) is 10.6. The molecule has 1 aromatic heterocycles. The van der Waals surface area contributed by atoms with Crippen molar-refractivity contribution in [2.75, 3.05) is 5.73 Å². The van der Waals surface area contributed by atoms with E-state index >= 15 is 0 Å². The van der Waals surface area contributed by atoms with E-state index in [1.54, 1.807) is 4.68 Å². The first-order valence-electron chi connectivity index (χ1n) is 6.04. The van der Waals surface area contributed by atoms with Gasteiger partial charge in [0.25, 0.3) is 0 Å². The molecule has 17 heavy (non-hydrogen) atoms. The van der Waals surface area contributed by atoms with Crippen molar-refractivity contribution in [3.05, 3.63) is 15.8 Å². The lowest BCUT2D eigenvalue weighted by Gasteiger charge is -2.10. The van der Waals surface area contributed by atoms with Gasteiger partial charge in [-0.15, -0.1) is 0 Å². The normalized spacial score (nSPS) is 16.9. The highest BCUT2D eigenvalue weighted by Gasteiger charge is 2.31. The number of hydrogen-bond acceptors (Lipinski definition) is 4. The second kappa shape index (κ2) is 4.35. The largest absolute Gasteiger partial charge is 0.378 e. The van der Waals surface area contributed by atoms with Crippen LogP contribution in [0.4, 0.5) is 11.5 Å². The van der Waals surface area contributed by atoms with E-state index < -0.39 is 4.92 Å². The summed E-state index contributed by atoms with van der Waals surface area (Å²) in [6, 6.07) is 0.237. The number of nitro groups is 1. The van der Waals surface area contributed by atoms with E-state index in [1.807, 2.05) is 13.8 Å². The fourth-order valence-electron chi connectivity index (χ4n) is 2.46. The van der Waals surface area contributed by atoms with Gasteiger partial charge in [-0.3, -0.25) is 10.1 Å². The maximum atomic E-state index is 11.0. The molecule has 1 aromatic rings. The molecule has 0 bridgehead atoms. The minimum atomic E-state index is -0.414. The fraction of sp³-hybridized carbons (Fsp3) is 0.727. The second-order valence-corrected chi connectivity index (χ2v) is 4.91. The predicted octanol–water partition coefficient (Wildman–Crippen LogP) is 2.61. The van der Waals surface area contributed by atoms with E-state index in [0.29, 0.717) is 5.69 Å². The summed E-state index contributed by atoms with van der Waals surface area (Å²) in [6.45, 7) is 3.79. The number of nitrogen functional groups attached to an aromatic ring is 1. The van der Waals surface area contributed by atoms with Gasteiger partial charge in [-0.1, -0.05) is 26.7 Å². The summed E-state index contributed by atoms with van der Waals surface area (Å²) < 4.78 is 1.67. The van der Waals surface area contributed by atoms with E-state index in [-0.39, 0.29) is 23.5 Å². The SMILES string of the molecule is CC(C)c1nn(C2CCCC2)c(N)c1[N+](=O)[O-]. The third kappa shape index (κ3) is 1.99. The summed E-state index contributed by atoms with van der Waals surface area (Å²) in [6.07, 6.45) is 4.32. The number of nitrogens with zero attached hydrogens (tertiary/aromatic N) is 3. The molecule has 6 heteroatoms. The quantitative estimate of drug-likeness (QED) is 0.647. The van der Waals surface area contributed by atoms with Crippen LogP contribution in [0.15, 0.2) is 0 Å². The van der Waals surface area contributed by atoms with Gasteiger partial charge in [0.2, 0.25) is 5.82 Å². The zero-order valence-electron chi connectivity index (χ0n) is 10.2. The topological polar surface area (TPSA) is 87.0 Å². The Bertz CT molecular complexity index is 433. The van der Waals surface area contributed by atoms with E-state index in [0.717, 1.165) is 25.7 Å². The van der Waals surface area contributed by atoms with Gasteiger partial charge in [0.1, 0.15) is 5.69 Å². The van der Waals surface area contributed by atoms with Crippen LogP contribution in [0.25, 0.3) is 0 Å².